The summed E-state index contributed by atoms with van der Waals surface area (Å²) in [6, 6.07) is 2.73. The molecule has 0 spiro atoms. The lowest BCUT2D eigenvalue weighted by Gasteiger charge is -2.16. The number of nitrogens with one attached hydrogen (secondary N) is 1. The van der Waals surface area contributed by atoms with Crippen LogP contribution in [0.15, 0.2) is 16.8 Å². The normalized spacial score (nSPS) is 18.4. The minimum Gasteiger partial charge on any atom is -0.383 e. The zero-order valence-corrected chi connectivity index (χ0v) is 9.35. The van der Waals surface area contributed by atoms with E-state index in [0.717, 1.165) is 19.1 Å². The minimum atomic E-state index is 0.555. The van der Waals surface area contributed by atoms with E-state index < -0.39 is 0 Å². The van der Waals surface area contributed by atoms with Gasteiger partial charge in [-0.05, 0) is 41.1 Å². The van der Waals surface area contributed by atoms with Gasteiger partial charge in [-0.25, -0.2) is 0 Å². The Morgan fingerprint density at radius 3 is 3.07 bits per heavy atom. The average Bonchev–Trinajstić information content (AvgIpc) is 2.90. The molecule has 0 radical (unpaired) electrons. The SMILES string of the molecule is COCC(NCc1ccsc1)C1CC1. The number of hydrogen-bond acceptors (Lipinski definition) is 3. The number of rotatable bonds is 6. The monoisotopic (exact) mass is 211 g/mol. The molecule has 2 nitrogen and oxygen atoms in total. The molecule has 3 heteroatoms. The Morgan fingerprint density at radius 2 is 2.50 bits per heavy atom. The Labute approximate surface area is 89.3 Å². The van der Waals surface area contributed by atoms with Crippen LogP contribution in [-0.2, 0) is 11.3 Å². The first kappa shape index (κ1) is 10.1. The minimum absolute atomic E-state index is 0.555. The van der Waals surface area contributed by atoms with E-state index >= 15 is 0 Å². The molecule has 78 valence electrons. The van der Waals surface area contributed by atoms with Gasteiger partial charge in [0, 0.05) is 19.7 Å². The maximum atomic E-state index is 5.22. The van der Waals surface area contributed by atoms with Crippen LogP contribution in [0.1, 0.15) is 18.4 Å². The van der Waals surface area contributed by atoms with Crippen molar-refractivity contribution in [3.8, 4) is 0 Å². The van der Waals surface area contributed by atoms with E-state index in [1.807, 2.05) is 0 Å². The molecule has 1 atom stereocenters. The molecule has 2 rings (SSSR count). The fraction of sp³-hybridized carbons (Fsp3) is 0.636. The van der Waals surface area contributed by atoms with Gasteiger partial charge in [-0.1, -0.05) is 0 Å². The molecule has 1 aromatic heterocycles. The standard InChI is InChI=1S/C11H17NOS/c1-13-7-11(10-2-3-10)12-6-9-4-5-14-8-9/h4-5,8,10-12H,2-3,6-7H2,1H3. The van der Waals surface area contributed by atoms with Crippen molar-refractivity contribution < 1.29 is 4.74 Å². The van der Waals surface area contributed by atoms with Crippen molar-refractivity contribution in [3.63, 3.8) is 0 Å². The molecule has 1 aromatic rings. The smallest absolute Gasteiger partial charge is 0.0618 e. The van der Waals surface area contributed by atoms with E-state index in [2.05, 4.69) is 22.1 Å². The van der Waals surface area contributed by atoms with Crippen LogP contribution in [0.3, 0.4) is 0 Å². The molecule has 1 aliphatic carbocycles. The third-order valence-corrected chi connectivity index (χ3v) is 3.42. The van der Waals surface area contributed by atoms with Crippen molar-refractivity contribution in [1.29, 1.82) is 0 Å². The van der Waals surface area contributed by atoms with E-state index in [-0.39, 0.29) is 0 Å². The summed E-state index contributed by atoms with van der Waals surface area (Å²) in [4.78, 5) is 0. The molecule has 0 aromatic carbocycles. The number of thiophene rings is 1. The van der Waals surface area contributed by atoms with E-state index in [0.29, 0.717) is 6.04 Å². The lowest BCUT2D eigenvalue weighted by Crippen LogP contribution is -2.34. The summed E-state index contributed by atoms with van der Waals surface area (Å²) in [7, 11) is 1.78. The zero-order valence-electron chi connectivity index (χ0n) is 8.53. The van der Waals surface area contributed by atoms with Crippen LogP contribution in [-0.4, -0.2) is 19.8 Å². The Hall–Kier alpha value is -0.380. The molecule has 1 unspecified atom stereocenters. The molecule has 0 amide bonds. The van der Waals surface area contributed by atoms with Crippen LogP contribution in [0.4, 0.5) is 0 Å². The third-order valence-electron chi connectivity index (χ3n) is 2.69. The summed E-state index contributed by atoms with van der Waals surface area (Å²) >= 11 is 1.76. The summed E-state index contributed by atoms with van der Waals surface area (Å²) in [6.07, 6.45) is 2.73. The van der Waals surface area contributed by atoms with Gasteiger partial charge in [-0.15, -0.1) is 0 Å². The highest BCUT2D eigenvalue weighted by molar-refractivity contribution is 7.07. The lowest BCUT2D eigenvalue weighted by atomic mass is 10.2. The lowest BCUT2D eigenvalue weighted by molar-refractivity contribution is 0.157. The van der Waals surface area contributed by atoms with Crippen LogP contribution in [0.2, 0.25) is 0 Å². The number of hydrogen-bond donors (Lipinski definition) is 1. The molecule has 14 heavy (non-hydrogen) atoms. The number of ether oxygens (including phenoxy) is 1. The second-order valence-corrected chi connectivity index (χ2v) is 4.69. The van der Waals surface area contributed by atoms with E-state index in [1.165, 1.54) is 18.4 Å². The van der Waals surface area contributed by atoms with Crippen molar-refractivity contribution in [1.82, 2.24) is 5.32 Å². The van der Waals surface area contributed by atoms with Gasteiger partial charge in [0.1, 0.15) is 0 Å². The van der Waals surface area contributed by atoms with Crippen LogP contribution in [0.25, 0.3) is 0 Å². The topological polar surface area (TPSA) is 21.3 Å². The van der Waals surface area contributed by atoms with Gasteiger partial charge in [-0.2, -0.15) is 11.3 Å². The summed E-state index contributed by atoms with van der Waals surface area (Å²) in [5, 5.41) is 7.89. The fourth-order valence-corrected chi connectivity index (χ4v) is 2.35. The Kier molecular flexibility index (Phi) is 3.56. The molecule has 1 aliphatic rings. The molecule has 0 bridgehead atoms. The Balaban J connectivity index is 1.76. The molecular weight excluding hydrogens is 194 g/mol. The third kappa shape index (κ3) is 2.80. The van der Waals surface area contributed by atoms with Crippen LogP contribution in [0, 0.1) is 5.92 Å². The second-order valence-electron chi connectivity index (χ2n) is 3.91. The first-order valence-electron chi connectivity index (χ1n) is 5.13. The second kappa shape index (κ2) is 4.91. The molecule has 1 N–H and O–H groups in total. The first-order chi connectivity index (χ1) is 6.90. The van der Waals surface area contributed by atoms with Crippen molar-refractivity contribution in [2.24, 2.45) is 5.92 Å². The molecule has 0 aliphatic heterocycles. The van der Waals surface area contributed by atoms with Crippen molar-refractivity contribution >= 4 is 11.3 Å². The van der Waals surface area contributed by atoms with Crippen molar-refractivity contribution in [2.75, 3.05) is 13.7 Å². The quantitative estimate of drug-likeness (QED) is 0.779. The predicted molar refractivity (Wildman–Crippen MR) is 59.5 cm³/mol. The maximum absolute atomic E-state index is 5.22. The molecule has 0 saturated heterocycles. The predicted octanol–water partition coefficient (Wildman–Crippen LogP) is 2.26. The molecule has 1 heterocycles. The largest absolute Gasteiger partial charge is 0.383 e. The van der Waals surface area contributed by atoms with E-state index in [1.54, 1.807) is 18.4 Å². The van der Waals surface area contributed by atoms with Gasteiger partial charge in [0.15, 0.2) is 0 Å². The molecule has 1 saturated carbocycles. The average molecular weight is 211 g/mol. The fourth-order valence-electron chi connectivity index (χ4n) is 1.68. The van der Waals surface area contributed by atoms with E-state index in [9.17, 15) is 0 Å². The highest BCUT2D eigenvalue weighted by Crippen LogP contribution is 2.32. The van der Waals surface area contributed by atoms with E-state index in [4.69, 9.17) is 4.74 Å². The van der Waals surface area contributed by atoms with Gasteiger partial charge in [0.25, 0.3) is 0 Å². The van der Waals surface area contributed by atoms with Gasteiger partial charge in [0.05, 0.1) is 6.61 Å². The van der Waals surface area contributed by atoms with Gasteiger partial charge < -0.3 is 10.1 Å². The molecule has 1 fully saturated rings. The van der Waals surface area contributed by atoms with Gasteiger partial charge in [0.2, 0.25) is 0 Å². The van der Waals surface area contributed by atoms with Crippen molar-refractivity contribution in [3.05, 3.63) is 22.4 Å². The Morgan fingerprint density at radius 1 is 1.64 bits per heavy atom. The van der Waals surface area contributed by atoms with Crippen LogP contribution < -0.4 is 5.32 Å². The summed E-state index contributed by atoms with van der Waals surface area (Å²) in [5.41, 5.74) is 1.39. The summed E-state index contributed by atoms with van der Waals surface area (Å²) in [5.74, 6) is 0.855. The summed E-state index contributed by atoms with van der Waals surface area (Å²) in [6.45, 7) is 1.82. The zero-order chi connectivity index (χ0) is 9.80. The highest BCUT2D eigenvalue weighted by atomic mass is 32.1. The summed E-state index contributed by atoms with van der Waals surface area (Å²) < 4.78 is 5.22. The Bertz CT molecular complexity index is 256. The van der Waals surface area contributed by atoms with Crippen LogP contribution in [0.5, 0.6) is 0 Å². The number of methoxy groups -OCH3 is 1. The van der Waals surface area contributed by atoms with Gasteiger partial charge in [-0.3, -0.25) is 0 Å². The first-order valence-corrected chi connectivity index (χ1v) is 6.08. The van der Waals surface area contributed by atoms with Crippen molar-refractivity contribution in [2.45, 2.75) is 25.4 Å². The maximum Gasteiger partial charge on any atom is 0.0618 e. The molecular formula is C11H17NOS. The highest BCUT2D eigenvalue weighted by Gasteiger charge is 2.30. The van der Waals surface area contributed by atoms with Gasteiger partial charge >= 0.3 is 0 Å². The van der Waals surface area contributed by atoms with Crippen LogP contribution >= 0.6 is 11.3 Å².